The minimum atomic E-state index is 0. The molecule has 3 aromatic carbocycles. The van der Waals surface area contributed by atoms with Crippen LogP contribution in [0.4, 0.5) is 0 Å². The molecule has 0 N–H and O–H groups in total. The van der Waals surface area contributed by atoms with Crippen LogP contribution in [-0.4, -0.2) is 18.8 Å². The zero-order chi connectivity index (χ0) is 29.9. The molecule has 0 spiro atoms. The molecule has 5 heterocycles. The van der Waals surface area contributed by atoms with Gasteiger partial charge in [-0.15, -0.1) is 46.5 Å². The smallest absolute Gasteiger partial charge is 0.0651 e. The Labute approximate surface area is 277 Å². The van der Waals surface area contributed by atoms with Gasteiger partial charge in [-0.25, -0.2) is 0 Å². The normalized spacial score (nSPS) is 13.7. The molecule has 1 aliphatic carbocycles. The van der Waals surface area contributed by atoms with Gasteiger partial charge in [0.1, 0.15) is 0 Å². The fraction of sp³-hybridized carbons (Fsp3) is 0.250. The molecule has 0 atom stereocenters. The summed E-state index contributed by atoms with van der Waals surface area (Å²) in [7, 11) is 0. The summed E-state index contributed by atoms with van der Waals surface area (Å²) in [6.45, 7) is 8.46. The van der Waals surface area contributed by atoms with Crippen LogP contribution in [0.2, 0.25) is 0 Å². The van der Waals surface area contributed by atoms with Crippen LogP contribution in [-0.2, 0) is 26.5 Å². The van der Waals surface area contributed by atoms with Crippen LogP contribution in [0.25, 0.3) is 55.1 Å². The molecule has 1 saturated carbocycles. The van der Waals surface area contributed by atoms with Crippen molar-refractivity contribution < 1.29 is 20.1 Å². The van der Waals surface area contributed by atoms with Gasteiger partial charge < -0.3 is 13.8 Å². The number of fused-ring (bicyclic) bond motifs is 6. The van der Waals surface area contributed by atoms with Gasteiger partial charge in [0.2, 0.25) is 0 Å². The molecule has 4 nitrogen and oxygen atoms in total. The number of hydrogen-bond acceptors (Lipinski definition) is 2. The number of hydrogen-bond donors (Lipinski definition) is 0. The van der Waals surface area contributed by atoms with Gasteiger partial charge in [0.05, 0.1) is 5.65 Å². The Morgan fingerprint density at radius 2 is 1.67 bits per heavy atom. The molecule has 0 saturated heterocycles. The maximum Gasteiger partial charge on any atom is 0.0651 e. The third-order valence-corrected chi connectivity index (χ3v) is 9.68. The van der Waals surface area contributed by atoms with Crippen LogP contribution >= 0.6 is 0 Å². The summed E-state index contributed by atoms with van der Waals surface area (Å²) in [5, 5.41) is 5.36. The summed E-state index contributed by atoms with van der Waals surface area (Å²) >= 11 is 0. The molecule has 5 aromatic heterocycles. The van der Waals surface area contributed by atoms with Crippen molar-refractivity contribution in [2.24, 2.45) is 5.92 Å². The molecule has 1 fully saturated rings. The maximum absolute atomic E-state index is 4.84. The Hall–Kier alpha value is -4.05. The van der Waals surface area contributed by atoms with E-state index >= 15 is 0 Å². The van der Waals surface area contributed by atoms with E-state index in [9.17, 15) is 0 Å². The van der Waals surface area contributed by atoms with Crippen molar-refractivity contribution in [3.63, 3.8) is 0 Å². The molecule has 0 bridgehead atoms. The monoisotopic (exact) mass is 765 g/mol. The molecule has 8 aromatic rings. The number of aromatic nitrogens is 4. The summed E-state index contributed by atoms with van der Waals surface area (Å²) in [6, 6.07) is 27.0. The fourth-order valence-corrected chi connectivity index (χ4v) is 7.32. The Kier molecular flexibility index (Phi) is 7.71. The number of rotatable bonds is 3. The average molecular weight is 765 g/mol. The molecule has 9 rings (SSSR count). The Bertz CT molecular complexity index is 2240. The first-order valence-electron chi connectivity index (χ1n) is 15.8. The molecule has 0 unspecified atom stereocenters. The predicted octanol–water partition coefficient (Wildman–Crippen LogP) is 9.80. The van der Waals surface area contributed by atoms with Crippen LogP contribution in [0, 0.1) is 45.9 Å². The van der Waals surface area contributed by atoms with Crippen molar-refractivity contribution in [3.8, 4) is 11.3 Å². The molecule has 0 amide bonds. The largest absolute Gasteiger partial charge is 0.414 e. The number of para-hydroxylation sites is 1. The molecule has 0 aliphatic heterocycles. The molecule has 5 heteroatoms. The number of pyridine rings is 2. The summed E-state index contributed by atoms with van der Waals surface area (Å²) in [5.41, 5.74) is 13.3. The van der Waals surface area contributed by atoms with Crippen LogP contribution in [0.1, 0.15) is 53.5 Å². The Morgan fingerprint density at radius 1 is 0.867 bits per heavy atom. The molecule has 1 radical (unpaired) electrons. The quantitative estimate of drug-likeness (QED) is 0.168. The van der Waals surface area contributed by atoms with E-state index in [1.165, 1.54) is 98.1 Å². The average Bonchev–Trinajstić information content (AvgIpc) is 3.75. The van der Waals surface area contributed by atoms with Crippen molar-refractivity contribution in [1.29, 1.82) is 0 Å². The van der Waals surface area contributed by atoms with Crippen molar-refractivity contribution in [1.82, 2.24) is 18.8 Å². The van der Waals surface area contributed by atoms with E-state index in [2.05, 4.69) is 95.4 Å². The second-order valence-corrected chi connectivity index (χ2v) is 12.7. The standard InChI is InChI=1S/C27H24N3.C13H12N.Ir/c1-16-15-29-26-24-19(11-12-28-26)14-20(13-18-7-3-4-8-18)23-21-9-5-6-10-22(21)30(25(23)24)27(29)17(16)2;1-10-3-6-12(7-4-10)13-8-5-11(2)9-14-13;/h5-6,9-12,14,18H,3-4,7-8,13H2,1-2H3;3-6,8-9H,1-2H3;/q2*-1;. The van der Waals surface area contributed by atoms with Gasteiger partial charge in [0.25, 0.3) is 0 Å². The van der Waals surface area contributed by atoms with Gasteiger partial charge in [0.15, 0.2) is 0 Å². The number of nitrogens with zero attached hydrogens (tertiary/aromatic N) is 4. The van der Waals surface area contributed by atoms with E-state index < -0.39 is 0 Å². The zero-order valence-corrected chi connectivity index (χ0v) is 28.6. The topological polar surface area (TPSA) is 34.6 Å². The van der Waals surface area contributed by atoms with Gasteiger partial charge in [-0.3, -0.25) is 4.98 Å². The number of aryl methyl sites for hydroxylation is 4. The van der Waals surface area contributed by atoms with Crippen LogP contribution < -0.4 is 0 Å². The summed E-state index contributed by atoms with van der Waals surface area (Å²) in [6.07, 6.45) is 14.1. The molecule has 227 valence electrons. The molecular weight excluding hydrogens is 729 g/mol. The first-order chi connectivity index (χ1) is 21.5. The SMILES string of the molecule is Cc1[c-]n2c3nccc4cc(CC5CCCC5)c5c6ccccc6n(c5c43)c2c1C.Cc1c[c-]c(-c2ccc(C)cn2)cc1.[Ir]. The van der Waals surface area contributed by atoms with E-state index in [4.69, 9.17) is 4.98 Å². The van der Waals surface area contributed by atoms with Gasteiger partial charge in [0, 0.05) is 65.3 Å². The van der Waals surface area contributed by atoms with Crippen molar-refractivity contribution >= 4 is 43.9 Å². The minimum Gasteiger partial charge on any atom is -0.414 e. The predicted molar refractivity (Wildman–Crippen MR) is 182 cm³/mol. The summed E-state index contributed by atoms with van der Waals surface area (Å²) < 4.78 is 4.67. The first-order valence-corrected chi connectivity index (χ1v) is 15.8. The van der Waals surface area contributed by atoms with E-state index in [0.717, 1.165) is 22.8 Å². The van der Waals surface area contributed by atoms with E-state index in [0.29, 0.717) is 0 Å². The third-order valence-electron chi connectivity index (χ3n) is 9.68. The molecule has 45 heavy (non-hydrogen) atoms. The van der Waals surface area contributed by atoms with Gasteiger partial charge in [-0.1, -0.05) is 89.0 Å². The summed E-state index contributed by atoms with van der Waals surface area (Å²) in [4.78, 5) is 9.18. The van der Waals surface area contributed by atoms with E-state index in [1.54, 1.807) is 0 Å². The van der Waals surface area contributed by atoms with Crippen molar-refractivity contribution in [2.75, 3.05) is 0 Å². The maximum atomic E-state index is 4.84. The zero-order valence-electron chi connectivity index (χ0n) is 26.2. The Balaban J connectivity index is 0.000000184. The van der Waals surface area contributed by atoms with Gasteiger partial charge >= 0.3 is 0 Å². The molecule has 1 aliphatic rings. The van der Waals surface area contributed by atoms with Gasteiger partial charge in [-0.2, -0.15) is 0 Å². The van der Waals surface area contributed by atoms with Gasteiger partial charge in [-0.05, 0) is 53.6 Å². The number of benzene rings is 3. The second kappa shape index (κ2) is 11.7. The first kappa shape index (κ1) is 29.6. The van der Waals surface area contributed by atoms with Crippen LogP contribution in [0.15, 0.2) is 79.1 Å². The fourth-order valence-electron chi connectivity index (χ4n) is 7.32. The third kappa shape index (κ3) is 4.94. The van der Waals surface area contributed by atoms with E-state index in [1.807, 2.05) is 37.5 Å². The van der Waals surface area contributed by atoms with E-state index in [-0.39, 0.29) is 20.1 Å². The minimum absolute atomic E-state index is 0. The summed E-state index contributed by atoms with van der Waals surface area (Å²) in [5.74, 6) is 0.818. The molecular formula is C40H36IrN4-2. The van der Waals surface area contributed by atoms with Crippen molar-refractivity contribution in [2.45, 2.75) is 59.8 Å². The Morgan fingerprint density at radius 3 is 2.42 bits per heavy atom. The second-order valence-electron chi connectivity index (χ2n) is 12.7. The van der Waals surface area contributed by atoms with Crippen LogP contribution in [0.3, 0.4) is 0 Å². The van der Waals surface area contributed by atoms with Crippen molar-refractivity contribution in [3.05, 3.63) is 119 Å². The van der Waals surface area contributed by atoms with Crippen LogP contribution in [0.5, 0.6) is 0 Å².